The zero-order valence-electron chi connectivity index (χ0n) is 9.16. The van der Waals surface area contributed by atoms with Crippen molar-refractivity contribution >= 4 is 28.4 Å². The van der Waals surface area contributed by atoms with E-state index < -0.39 is 0 Å². The summed E-state index contributed by atoms with van der Waals surface area (Å²) in [6.45, 7) is 0. The fraction of sp³-hybridized carbons (Fsp3) is 0.500. The number of Topliss-reactive ketones (excluding diaryl/α,β-unsaturated/α-hetero) is 1. The van der Waals surface area contributed by atoms with Gasteiger partial charge in [-0.2, -0.15) is 0 Å². The Bertz CT molecular complexity index is 399. The molecule has 1 aromatic rings. The molecule has 3 rings (SSSR count). The SMILES string of the molecule is O=C(Cc1ccc(I)cc1)C1C2CCCC21. The van der Waals surface area contributed by atoms with Gasteiger partial charge in [0.05, 0.1) is 0 Å². The standard InChI is InChI=1S/C14H15IO/c15-10-6-4-9(5-7-10)8-13(16)14-11-2-1-3-12(11)14/h4-7,11-12,14H,1-3,8H2. The van der Waals surface area contributed by atoms with Gasteiger partial charge in [-0.1, -0.05) is 18.6 Å². The molecule has 0 aliphatic heterocycles. The molecule has 0 spiro atoms. The molecule has 84 valence electrons. The first-order chi connectivity index (χ1) is 7.75. The highest BCUT2D eigenvalue weighted by Gasteiger charge is 2.55. The molecule has 2 fully saturated rings. The average Bonchev–Trinajstić information content (AvgIpc) is 2.76. The first kappa shape index (κ1) is 10.8. The topological polar surface area (TPSA) is 17.1 Å². The van der Waals surface area contributed by atoms with Gasteiger partial charge in [-0.05, 0) is 65.0 Å². The number of hydrogen-bond donors (Lipinski definition) is 0. The van der Waals surface area contributed by atoms with Crippen LogP contribution in [0.2, 0.25) is 0 Å². The number of carbonyl (C=O) groups is 1. The molecule has 2 aliphatic carbocycles. The zero-order chi connectivity index (χ0) is 11.1. The smallest absolute Gasteiger partial charge is 0.140 e. The van der Waals surface area contributed by atoms with Crippen molar-refractivity contribution in [1.82, 2.24) is 0 Å². The van der Waals surface area contributed by atoms with Gasteiger partial charge in [0.2, 0.25) is 0 Å². The number of benzene rings is 1. The molecular weight excluding hydrogens is 311 g/mol. The second-order valence-corrected chi connectivity index (χ2v) is 6.30. The third kappa shape index (κ3) is 1.92. The number of halogens is 1. The van der Waals surface area contributed by atoms with Gasteiger partial charge in [0.15, 0.2) is 0 Å². The van der Waals surface area contributed by atoms with Crippen molar-refractivity contribution in [2.75, 3.05) is 0 Å². The monoisotopic (exact) mass is 326 g/mol. The second kappa shape index (κ2) is 4.13. The zero-order valence-corrected chi connectivity index (χ0v) is 11.3. The maximum Gasteiger partial charge on any atom is 0.140 e. The molecule has 0 heterocycles. The normalized spacial score (nSPS) is 31.2. The Labute approximate surface area is 110 Å². The number of ketones is 1. The molecule has 0 amide bonds. The van der Waals surface area contributed by atoms with Crippen LogP contribution in [0.25, 0.3) is 0 Å². The van der Waals surface area contributed by atoms with Crippen LogP contribution in [0.3, 0.4) is 0 Å². The Kier molecular flexibility index (Phi) is 2.78. The third-order valence-electron chi connectivity index (χ3n) is 4.07. The molecule has 16 heavy (non-hydrogen) atoms. The summed E-state index contributed by atoms with van der Waals surface area (Å²) in [5.74, 6) is 2.43. The lowest BCUT2D eigenvalue weighted by atomic mass is 10.0. The molecule has 0 radical (unpaired) electrons. The minimum Gasteiger partial charge on any atom is -0.299 e. The van der Waals surface area contributed by atoms with Crippen LogP contribution >= 0.6 is 22.6 Å². The van der Waals surface area contributed by atoms with Gasteiger partial charge in [-0.3, -0.25) is 4.79 Å². The molecule has 2 aliphatic rings. The van der Waals surface area contributed by atoms with Gasteiger partial charge in [0.25, 0.3) is 0 Å². The third-order valence-corrected chi connectivity index (χ3v) is 4.79. The van der Waals surface area contributed by atoms with E-state index in [0.717, 1.165) is 11.8 Å². The molecule has 0 bridgehead atoms. The highest BCUT2D eigenvalue weighted by molar-refractivity contribution is 14.1. The molecule has 0 saturated heterocycles. The molecular formula is C14H15IO. The molecule has 2 unspecified atom stereocenters. The van der Waals surface area contributed by atoms with Crippen LogP contribution in [0.4, 0.5) is 0 Å². The van der Waals surface area contributed by atoms with Crippen molar-refractivity contribution in [2.45, 2.75) is 25.7 Å². The summed E-state index contributed by atoms with van der Waals surface area (Å²) in [5, 5.41) is 0. The van der Waals surface area contributed by atoms with Crippen LogP contribution in [-0.4, -0.2) is 5.78 Å². The van der Waals surface area contributed by atoms with Crippen LogP contribution in [0, 0.1) is 21.3 Å². The van der Waals surface area contributed by atoms with Crippen molar-refractivity contribution in [3.63, 3.8) is 0 Å². The first-order valence-electron chi connectivity index (χ1n) is 6.03. The van der Waals surface area contributed by atoms with Crippen molar-refractivity contribution in [3.8, 4) is 0 Å². The lowest BCUT2D eigenvalue weighted by Crippen LogP contribution is -2.08. The molecule has 1 aromatic carbocycles. The number of fused-ring (bicyclic) bond motifs is 1. The Balaban J connectivity index is 1.63. The van der Waals surface area contributed by atoms with E-state index in [1.807, 2.05) is 0 Å². The summed E-state index contributed by atoms with van der Waals surface area (Å²) in [4.78, 5) is 12.1. The van der Waals surface area contributed by atoms with Gasteiger partial charge in [-0.25, -0.2) is 0 Å². The molecule has 1 nitrogen and oxygen atoms in total. The lowest BCUT2D eigenvalue weighted by molar-refractivity contribution is -0.120. The molecule has 2 atom stereocenters. The number of hydrogen-bond acceptors (Lipinski definition) is 1. The minimum absolute atomic E-state index is 0.424. The van der Waals surface area contributed by atoms with Gasteiger partial charge in [-0.15, -0.1) is 0 Å². The summed E-state index contributed by atoms with van der Waals surface area (Å²) in [6, 6.07) is 8.32. The molecule has 2 heteroatoms. The predicted molar refractivity (Wildman–Crippen MR) is 72.2 cm³/mol. The summed E-state index contributed by atoms with van der Waals surface area (Å²) >= 11 is 2.29. The van der Waals surface area contributed by atoms with E-state index in [-0.39, 0.29) is 0 Å². The van der Waals surface area contributed by atoms with E-state index in [0.29, 0.717) is 18.1 Å². The van der Waals surface area contributed by atoms with E-state index in [1.165, 1.54) is 28.4 Å². The minimum atomic E-state index is 0.424. The highest BCUT2D eigenvalue weighted by Crippen LogP contribution is 2.58. The Morgan fingerprint density at radius 1 is 1.19 bits per heavy atom. The Morgan fingerprint density at radius 3 is 2.44 bits per heavy atom. The highest BCUT2D eigenvalue weighted by atomic mass is 127. The van der Waals surface area contributed by atoms with Crippen molar-refractivity contribution in [2.24, 2.45) is 17.8 Å². The van der Waals surface area contributed by atoms with Crippen LogP contribution in [0.15, 0.2) is 24.3 Å². The summed E-state index contributed by atoms with van der Waals surface area (Å²) in [7, 11) is 0. The number of rotatable bonds is 3. The van der Waals surface area contributed by atoms with Crippen molar-refractivity contribution < 1.29 is 4.79 Å². The van der Waals surface area contributed by atoms with Gasteiger partial charge < -0.3 is 0 Å². The fourth-order valence-corrected chi connectivity index (χ4v) is 3.58. The summed E-state index contributed by atoms with van der Waals surface area (Å²) in [6.07, 6.45) is 4.60. The average molecular weight is 326 g/mol. The summed E-state index contributed by atoms with van der Waals surface area (Å²) in [5.41, 5.74) is 1.18. The van der Waals surface area contributed by atoms with Crippen LogP contribution in [0.5, 0.6) is 0 Å². The van der Waals surface area contributed by atoms with Crippen molar-refractivity contribution in [3.05, 3.63) is 33.4 Å². The Morgan fingerprint density at radius 2 is 1.81 bits per heavy atom. The fourth-order valence-electron chi connectivity index (χ4n) is 3.22. The van der Waals surface area contributed by atoms with E-state index in [2.05, 4.69) is 46.9 Å². The van der Waals surface area contributed by atoms with E-state index in [4.69, 9.17) is 0 Å². The maximum absolute atomic E-state index is 12.1. The quantitative estimate of drug-likeness (QED) is 0.778. The molecule has 0 aromatic heterocycles. The predicted octanol–water partition coefficient (Wildman–Crippen LogP) is 3.45. The second-order valence-electron chi connectivity index (χ2n) is 5.05. The summed E-state index contributed by atoms with van der Waals surface area (Å²) < 4.78 is 1.23. The van der Waals surface area contributed by atoms with Gasteiger partial charge in [0.1, 0.15) is 5.78 Å². The maximum atomic E-state index is 12.1. The van der Waals surface area contributed by atoms with E-state index in [1.54, 1.807) is 0 Å². The van der Waals surface area contributed by atoms with Gasteiger partial charge in [0, 0.05) is 15.9 Å². The first-order valence-corrected chi connectivity index (χ1v) is 7.11. The van der Waals surface area contributed by atoms with Crippen LogP contribution in [-0.2, 0) is 11.2 Å². The van der Waals surface area contributed by atoms with Crippen LogP contribution in [0.1, 0.15) is 24.8 Å². The van der Waals surface area contributed by atoms with E-state index >= 15 is 0 Å². The van der Waals surface area contributed by atoms with Crippen LogP contribution < -0.4 is 0 Å². The van der Waals surface area contributed by atoms with E-state index in [9.17, 15) is 4.79 Å². The lowest BCUT2D eigenvalue weighted by Gasteiger charge is -2.03. The largest absolute Gasteiger partial charge is 0.299 e. The van der Waals surface area contributed by atoms with Crippen molar-refractivity contribution in [1.29, 1.82) is 0 Å². The molecule has 2 saturated carbocycles. The molecule has 0 N–H and O–H groups in total. The Hall–Kier alpha value is -0.380. The number of carbonyl (C=O) groups excluding carboxylic acids is 1. The van der Waals surface area contributed by atoms with Gasteiger partial charge >= 0.3 is 0 Å².